The van der Waals surface area contributed by atoms with Crippen molar-refractivity contribution in [2.45, 2.75) is 12.0 Å². The van der Waals surface area contributed by atoms with Gasteiger partial charge in [0.15, 0.2) is 0 Å². The fraction of sp³-hybridized carbons (Fsp3) is 0.778. The second-order valence-corrected chi connectivity index (χ2v) is 4.46. The molecule has 6 heteroatoms. The summed E-state index contributed by atoms with van der Waals surface area (Å²) >= 11 is 1.39. The lowest BCUT2D eigenvalue weighted by Gasteiger charge is -2.13. The van der Waals surface area contributed by atoms with Gasteiger partial charge in [-0.1, -0.05) is 4.49 Å². The van der Waals surface area contributed by atoms with Crippen LogP contribution in [-0.4, -0.2) is 53.9 Å². The second-order valence-electron chi connectivity index (χ2n) is 3.85. The largest absolute Gasteiger partial charge is 0.383 e. The van der Waals surface area contributed by atoms with E-state index in [-0.39, 0.29) is 6.04 Å². The number of likely N-dealkylation sites (tertiary alicyclic amines) is 1. The maximum atomic E-state index is 6.09. The highest BCUT2D eigenvalue weighted by Crippen LogP contribution is 2.25. The molecule has 1 fully saturated rings. The molecular weight excluding hydrogens is 212 g/mol. The normalized spacial score (nSPS) is 27.3. The van der Waals surface area contributed by atoms with Gasteiger partial charge in [0, 0.05) is 44.1 Å². The van der Waals surface area contributed by atoms with Gasteiger partial charge in [-0.2, -0.15) is 0 Å². The zero-order chi connectivity index (χ0) is 10.7. The third-order valence-electron chi connectivity index (χ3n) is 2.81. The Morgan fingerprint density at radius 3 is 3.20 bits per heavy atom. The van der Waals surface area contributed by atoms with Crippen LogP contribution < -0.4 is 5.73 Å². The van der Waals surface area contributed by atoms with Crippen molar-refractivity contribution in [1.29, 1.82) is 0 Å². The maximum Gasteiger partial charge on any atom is 0.0815 e. The predicted molar refractivity (Wildman–Crippen MR) is 58.9 cm³/mol. The number of rotatable bonds is 4. The standard InChI is InChI=1S/C9H16N4OS/c1-14-3-2-13-4-7(8(10)5-13)9-6-15-12-11-9/h6-8H,2-5,10H2,1H3/t7-,8-/m0/s1. The number of nitrogens with zero attached hydrogens (tertiary/aromatic N) is 3. The average molecular weight is 228 g/mol. The van der Waals surface area contributed by atoms with E-state index < -0.39 is 0 Å². The molecule has 5 nitrogen and oxygen atoms in total. The maximum absolute atomic E-state index is 6.09. The molecular formula is C9H16N4OS. The van der Waals surface area contributed by atoms with Crippen molar-refractivity contribution in [3.05, 3.63) is 11.1 Å². The summed E-state index contributed by atoms with van der Waals surface area (Å²) in [4.78, 5) is 2.32. The Balaban J connectivity index is 1.93. The molecule has 15 heavy (non-hydrogen) atoms. The molecule has 0 spiro atoms. The summed E-state index contributed by atoms with van der Waals surface area (Å²) in [7, 11) is 1.72. The van der Waals surface area contributed by atoms with Crippen molar-refractivity contribution in [2.75, 3.05) is 33.4 Å². The van der Waals surface area contributed by atoms with Crippen LogP contribution in [0.5, 0.6) is 0 Å². The van der Waals surface area contributed by atoms with Gasteiger partial charge < -0.3 is 10.5 Å². The molecule has 0 radical (unpaired) electrons. The highest BCUT2D eigenvalue weighted by Gasteiger charge is 2.32. The SMILES string of the molecule is COCCN1C[C@H](c2csnn2)[C@@H](N)C1. The summed E-state index contributed by atoms with van der Waals surface area (Å²) < 4.78 is 8.94. The zero-order valence-electron chi connectivity index (χ0n) is 8.80. The average Bonchev–Trinajstić information content (AvgIpc) is 2.83. The molecule has 84 valence electrons. The Labute approximate surface area is 93.4 Å². The number of aromatic nitrogens is 2. The van der Waals surface area contributed by atoms with Crippen LogP contribution in [0.2, 0.25) is 0 Å². The van der Waals surface area contributed by atoms with Crippen LogP contribution in [0.15, 0.2) is 5.38 Å². The lowest BCUT2D eigenvalue weighted by atomic mass is 10.0. The van der Waals surface area contributed by atoms with E-state index in [1.165, 1.54) is 11.5 Å². The quantitative estimate of drug-likeness (QED) is 0.780. The van der Waals surface area contributed by atoms with Gasteiger partial charge in [0.2, 0.25) is 0 Å². The highest BCUT2D eigenvalue weighted by molar-refractivity contribution is 7.03. The van der Waals surface area contributed by atoms with Crippen LogP contribution in [0.4, 0.5) is 0 Å². The van der Waals surface area contributed by atoms with Gasteiger partial charge in [0.25, 0.3) is 0 Å². The number of methoxy groups -OCH3 is 1. The molecule has 2 heterocycles. The Hall–Kier alpha value is -0.560. The first-order valence-electron chi connectivity index (χ1n) is 5.05. The summed E-state index contributed by atoms with van der Waals surface area (Å²) in [6.07, 6.45) is 0. The number of hydrogen-bond donors (Lipinski definition) is 1. The first-order chi connectivity index (χ1) is 7.31. The monoisotopic (exact) mass is 228 g/mol. The molecule has 2 rings (SSSR count). The van der Waals surface area contributed by atoms with Crippen LogP contribution in [0, 0.1) is 0 Å². The lowest BCUT2D eigenvalue weighted by Crippen LogP contribution is -2.30. The number of nitrogens with two attached hydrogens (primary N) is 1. The molecule has 1 aromatic heterocycles. The van der Waals surface area contributed by atoms with Crippen molar-refractivity contribution in [1.82, 2.24) is 14.5 Å². The first kappa shape index (κ1) is 10.9. The second kappa shape index (κ2) is 4.98. The van der Waals surface area contributed by atoms with E-state index in [4.69, 9.17) is 10.5 Å². The smallest absolute Gasteiger partial charge is 0.0815 e. The van der Waals surface area contributed by atoms with E-state index in [1.54, 1.807) is 7.11 Å². The summed E-state index contributed by atoms with van der Waals surface area (Å²) in [5.74, 6) is 0.334. The minimum Gasteiger partial charge on any atom is -0.383 e. The van der Waals surface area contributed by atoms with Gasteiger partial charge in [-0.3, -0.25) is 4.90 Å². The van der Waals surface area contributed by atoms with E-state index in [0.717, 1.165) is 31.9 Å². The minimum atomic E-state index is 0.172. The van der Waals surface area contributed by atoms with Crippen molar-refractivity contribution >= 4 is 11.5 Å². The molecule has 0 bridgehead atoms. The summed E-state index contributed by atoms with van der Waals surface area (Å²) in [6, 6.07) is 0.172. The molecule has 0 saturated carbocycles. The molecule has 1 aliphatic heterocycles. The van der Waals surface area contributed by atoms with E-state index >= 15 is 0 Å². The molecule has 0 amide bonds. The molecule has 2 N–H and O–H groups in total. The number of ether oxygens (including phenoxy) is 1. The van der Waals surface area contributed by atoms with Crippen molar-refractivity contribution in [2.24, 2.45) is 5.73 Å². The lowest BCUT2D eigenvalue weighted by molar-refractivity contribution is 0.159. The van der Waals surface area contributed by atoms with E-state index in [0.29, 0.717) is 5.92 Å². The minimum absolute atomic E-state index is 0.172. The molecule has 1 saturated heterocycles. The first-order valence-corrected chi connectivity index (χ1v) is 5.88. The highest BCUT2D eigenvalue weighted by atomic mass is 32.1. The molecule has 0 aromatic carbocycles. The van der Waals surface area contributed by atoms with E-state index in [1.807, 2.05) is 5.38 Å². The van der Waals surface area contributed by atoms with Crippen molar-refractivity contribution in [3.63, 3.8) is 0 Å². The topological polar surface area (TPSA) is 64.3 Å². The molecule has 0 unspecified atom stereocenters. The van der Waals surface area contributed by atoms with Crippen LogP contribution in [0.1, 0.15) is 11.6 Å². The van der Waals surface area contributed by atoms with Gasteiger partial charge in [-0.15, -0.1) is 5.10 Å². The number of hydrogen-bond acceptors (Lipinski definition) is 6. The Morgan fingerprint density at radius 1 is 1.67 bits per heavy atom. The van der Waals surface area contributed by atoms with Gasteiger partial charge in [0.05, 0.1) is 12.3 Å². The van der Waals surface area contributed by atoms with Gasteiger partial charge >= 0.3 is 0 Å². The van der Waals surface area contributed by atoms with Crippen LogP contribution in [0.25, 0.3) is 0 Å². The third kappa shape index (κ3) is 2.52. The Bertz CT molecular complexity index is 292. The summed E-state index contributed by atoms with van der Waals surface area (Å²) in [5.41, 5.74) is 7.12. The van der Waals surface area contributed by atoms with Crippen LogP contribution >= 0.6 is 11.5 Å². The fourth-order valence-electron chi connectivity index (χ4n) is 1.96. The molecule has 1 aliphatic rings. The third-order valence-corrected chi connectivity index (χ3v) is 3.33. The molecule has 0 aliphatic carbocycles. The van der Waals surface area contributed by atoms with Crippen LogP contribution in [-0.2, 0) is 4.74 Å². The Kier molecular flexibility index (Phi) is 3.63. The molecule has 1 aromatic rings. The zero-order valence-corrected chi connectivity index (χ0v) is 9.61. The van der Waals surface area contributed by atoms with Gasteiger partial charge in [-0.25, -0.2) is 0 Å². The summed E-state index contributed by atoms with van der Waals surface area (Å²) in [6.45, 7) is 3.59. The van der Waals surface area contributed by atoms with Crippen molar-refractivity contribution < 1.29 is 4.74 Å². The van der Waals surface area contributed by atoms with Gasteiger partial charge in [-0.05, 0) is 11.5 Å². The molecule has 2 atom stereocenters. The van der Waals surface area contributed by atoms with Crippen molar-refractivity contribution in [3.8, 4) is 0 Å². The van der Waals surface area contributed by atoms with Crippen LogP contribution in [0.3, 0.4) is 0 Å². The predicted octanol–water partition coefficient (Wildman–Crippen LogP) is -0.0890. The van der Waals surface area contributed by atoms with E-state index in [2.05, 4.69) is 14.5 Å². The fourth-order valence-corrected chi connectivity index (χ4v) is 2.48. The summed E-state index contributed by atoms with van der Waals surface area (Å²) in [5, 5.41) is 6.08. The van der Waals surface area contributed by atoms with Gasteiger partial charge in [0.1, 0.15) is 0 Å². The van der Waals surface area contributed by atoms with E-state index in [9.17, 15) is 0 Å². The Morgan fingerprint density at radius 2 is 2.53 bits per heavy atom.